The number of hydrogen-bond donors (Lipinski definition) is 2. The molecule has 0 aliphatic carbocycles. The maximum atomic E-state index is 9.70. The predicted molar refractivity (Wildman–Crippen MR) is 67.6 cm³/mol. The molecule has 0 heterocycles. The van der Waals surface area contributed by atoms with Crippen molar-refractivity contribution in [1.29, 1.82) is 0 Å². The zero-order chi connectivity index (χ0) is 11.5. The van der Waals surface area contributed by atoms with Gasteiger partial charge in [-0.05, 0) is 30.7 Å². The van der Waals surface area contributed by atoms with Gasteiger partial charge in [0.1, 0.15) is 5.75 Å². The molecule has 0 aromatic heterocycles. The van der Waals surface area contributed by atoms with Crippen molar-refractivity contribution in [3.05, 3.63) is 53.1 Å². The highest BCUT2D eigenvalue weighted by molar-refractivity contribution is 6.30. The maximum Gasteiger partial charge on any atom is 0.140 e. The SMILES string of the molecule is Cc1ccccc1Nc1ccc(Cl)cc1O. The quantitative estimate of drug-likeness (QED) is 0.766. The van der Waals surface area contributed by atoms with E-state index in [1.54, 1.807) is 12.1 Å². The minimum Gasteiger partial charge on any atom is -0.506 e. The molecule has 16 heavy (non-hydrogen) atoms. The Kier molecular flexibility index (Phi) is 3.02. The third kappa shape index (κ3) is 2.28. The third-order valence-electron chi connectivity index (χ3n) is 2.37. The number of rotatable bonds is 2. The van der Waals surface area contributed by atoms with E-state index in [9.17, 15) is 5.11 Å². The predicted octanol–water partition coefficient (Wildman–Crippen LogP) is 4.10. The number of hydrogen-bond acceptors (Lipinski definition) is 2. The summed E-state index contributed by atoms with van der Waals surface area (Å²) in [7, 11) is 0. The summed E-state index contributed by atoms with van der Waals surface area (Å²) < 4.78 is 0. The zero-order valence-corrected chi connectivity index (χ0v) is 9.62. The topological polar surface area (TPSA) is 32.3 Å². The molecule has 3 heteroatoms. The summed E-state index contributed by atoms with van der Waals surface area (Å²) in [6.45, 7) is 2.01. The molecule has 2 N–H and O–H groups in total. The number of phenols is 1. The molecule has 0 atom stereocenters. The van der Waals surface area contributed by atoms with Crippen LogP contribution in [-0.2, 0) is 0 Å². The van der Waals surface area contributed by atoms with E-state index in [0.29, 0.717) is 10.7 Å². The van der Waals surface area contributed by atoms with Crippen LogP contribution in [0.3, 0.4) is 0 Å². The Morgan fingerprint density at radius 3 is 2.50 bits per heavy atom. The first-order chi connectivity index (χ1) is 7.66. The van der Waals surface area contributed by atoms with Crippen LogP contribution in [-0.4, -0.2) is 5.11 Å². The van der Waals surface area contributed by atoms with E-state index < -0.39 is 0 Å². The smallest absolute Gasteiger partial charge is 0.140 e. The van der Waals surface area contributed by atoms with Crippen LogP contribution in [0.4, 0.5) is 11.4 Å². The lowest BCUT2D eigenvalue weighted by atomic mass is 10.2. The van der Waals surface area contributed by atoms with E-state index in [-0.39, 0.29) is 5.75 Å². The molecule has 0 fully saturated rings. The summed E-state index contributed by atoms with van der Waals surface area (Å²) in [5.74, 6) is 0.149. The normalized spacial score (nSPS) is 10.1. The van der Waals surface area contributed by atoms with Crippen molar-refractivity contribution in [2.75, 3.05) is 5.32 Å². The molecule has 82 valence electrons. The standard InChI is InChI=1S/C13H12ClNO/c1-9-4-2-3-5-11(9)15-12-7-6-10(14)8-13(12)16/h2-8,15-16H,1H3. The largest absolute Gasteiger partial charge is 0.506 e. The van der Waals surface area contributed by atoms with Gasteiger partial charge in [-0.1, -0.05) is 29.8 Å². The van der Waals surface area contributed by atoms with Gasteiger partial charge in [-0.3, -0.25) is 0 Å². The summed E-state index contributed by atoms with van der Waals surface area (Å²) in [5.41, 5.74) is 2.75. The molecule has 0 unspecified atom stereocenters. The number of phenolic OH excluding ortho intramolecular Hbond substituents is 1. The summed E-state index contributed by atoms with van der Waals surface area (Å²) in [6, 6.07) is 12.9. The van der Waals surface area contributed by atoms with Crippen LogP contribution >= 0.6 is 11.6 Å². The van der Waals surface area contributed by atoms with Gasteiger partial charge in [0.2, 0.25) is 0 Å². The number of aryl methyl sites for hydroxylation is 1. The van der Waals surface area contributed by atoms with Gasteiger partial charge in [0.15, 0.2) is 0 Å². The maximum absolute atomic E-state index is 9.70. The second kappa shape index (κ2) is 4.45. The van der Waals surface area contributed by atoms with Crippen LogP contribution in [0.2, 0.25) is 5.02 Å². The number of para-hydroxylation sites is 1. The summed E-state index contributed by atoms with van der Waals surface area (Å²) >= 11 is 5.76. The fourth-order valence-corrected chi connectivity index (χ4v) is 1.64. The van der Waals surface area contributed by atoms with Crippen molar-refractivity contribution in [1.82, 2.24) is 0 Å². The lowest BCUT2D eigenvalue weighted by molar-refractivity contribution is 0.478. The fraction of sp³-hybridized carbons (Fsp3) is 0.0769. The van der Waals surface area contributed by atoms with Gasteiger partial charge in [-0.25, -0.2) is 0 Å². The Labute approximate surface area is 99.5 Å². The first-order valence-electron chi connectivity index (χ1n) is 4.98. The van der Waals surface area contributed by atoms with Crippen molar-refractivity contribution < 1.29 is 5.11 Å². The highest BCUT2D eigenvalue weighted by Gasteiger charge is 2.03. The molecule has 0 spiro atoms. The Morgan fingerprint density at radius 1 is 1.06 bits per heavy atom. The first-order valence-corrected chi connectivity index (χ1v) is 5.36. The molecule has 2 nitrogen and oxygen atoms in total. The third-order valence-corrected chi connectivity index (χ3v) is 2.61. The average Bonchev–Trinajstić information content (AvgIpc) is 2.25. The minimum absolute atomic E-state index is 0.149. The number of benzene rings is 2. The van der Waals surface area contributed by atoms with E-state index in [2.05, 4.69) is 5.32 Å². The monoisotopic (exact) mass is 233 g/mol. The highest BCUT2D eigenvalue weighted by atomic mass is 35.5. The molecule has 0 saturated heterocycles. The molecule has 0 amide bonds. The van der Waals surface area contributed by atoms with Crippen LogP contribution in [0.15, 0.2) is 42.5 Å². The molecule has 2 rings (SSSR count). The second-order valence-corrected chi connectivity index (χ2v) is 4.04. The average molecular weight is 234 g/mol. The van der Waals surface area contributed by atoms with Crippen molar-refractivity contribution in [3.8, 4) is 5.75 Å². The number of halogens is 1. The van der Waals surface area contributed by atoms with Crippen LogP contribution < -0.4 is 5.32 Å². The van der Waals surface area contributed by atoms with E-state index in [1.807, 2.05) is 31.2 Å². The van der Waals surface area contributed by atoms with E-state index in [1.165, 1.54) is 6.07 Å². The van der Waals surface area contributed by atoms with E-state index >= 15 is 0 Å². The van der Waals surface area contributed by atoms with Crippen LogP contribution in [0.25, 0.3) is 0 Å². The van der Waals surface area contributed by atoms with Crippen molar-refractivity contribution >= 4 is 23.0 Å². The molecule has 0 bridgehead atoms. The Bertz CT molecular complexity index is 511. The molecular weight excluding hydrogens is 222 g/mol. The van der Waals surface area contributed by atoms with E-state index in [4.69, 9.17) is 11.6 Å². The number of nitrogens with one attached hydrogen (secondary N) is 1. The first kappa shape index (κ1) is 10.8. The Hall–Kier alpha value is -1.67. The second-order valence-electron chi connectivity index (χ2n) is 3.60. The fourth-order valence-electron chi connectivity index (χ4n) is 1.47. The molecule has 0 aliphatic rings. The molecule has 2 aromatic carbocycles. The van der Waals surface area contributed by atoms with Crippen molar-refractivity contribution in [2.24, 2.45) is 0 Å². The van der Waals surface area contributed by atoms with Crippen molar-refractivity contribution in [2.45, 2.75) is 6.92 Å². The minimum atomic E-state index is 0.149. The van der Waals surface area contributed by atoms with Crippen molar-refractivity contribution in [3.63, 3.8) is 0 Å². The lowest BCUT2D eigenvalue weighted by Crippen LogP contribution is -1.92. The molecule has 0 radical (unpaired) electrons. The Balaban J connectivity index is 2.31. The van der Waals surface area contributed by atoms with Crippen LogP contribution in [0, 0.1) is 6.92 Å². The zero-order valence-electron chi connectivity index (χ0n) is 8.87. The lowest BCUT2D eigenvalue weighted by Gasteiger charge is -2.10. The number of anilines is 2. The summed E-state index contributed by atoms with van der Waals surface area (Å²) in [6.07, 6.45) is 0. The van der Waals surface area contributed by atoms with Gasteiger partial charge in [-0.15, -0.1) is 0 Å². The van der Waals surface area contributed by atoms with Gasteiger partial charge in [-0.2, -0.15) is 0 Å². The summed E-state index contributed by atoms with van der Waals surface area (Å²) in [4.78, 5) is 0. The molecule has 0 aliphatic heterocycles. The van der Waals surface area contributed by atoms with Crippen LogP contribution in [0.1, 0.15) is 5.56 Å². The summed E-state index contributed by atoms with van der Waals surface area (Å²) in [5, 5.41) is 13.4. The molecule has 0 saturated carbocycles. The van der Waals surface area contributed by atoms with Gasteiger partial charge in [0.05, 0.1) is 5.69 Å². The van der Waals surface area contributed by atoms with Gasteiger partial charge in [0, 0.05) is 16.8 Å². The number of aromatic hydroxyl groups is 1. The molecular formula is C13H12ClNO. The van der Waals surface area contributed by atoms with Gasteiger partial charge >= 0.3 is 0 Å². The molecule has 2 aromatic rings. The van der Waals surface area contributed by atoms with Gasteiger partial charge in [0.25, 0.3) is 0 Å². The van der Waals surface area contributed by atoms with Crippen LogP contribution in [0.5, 0.6) is 5.75 Å². The van der Waals surface area contributed by atoms with Gasteiger partial charge < -0.3 is 10.4 Å². The Morgan fingerprint density at radius 2 is 1.81 bits per heavy atom. The highest BCUT2D eigenvalue weighted by Crippen LogP contribution is 2.30. The van der Waals surface area contributed by atoms with E-state index in [0.717, 1.165) is 11.3 Å².